The smallest absolute Gasteiger partial charge is 0.333 e. The zero-order valence-corrected chi connectivity index (χ0v) is 10.2. The van der Waals surface area contributed by atoms with Crippen molar-refractivity contribution >= 4 is 18.2 Å². The first-order chi connectivity index (χ1) is 8.69. The molecule has 2 aliphatic carbocycles. The number of rotatable bonds is 6. The zero-order valence-electron chi connectivity index (χ0n) is 10.2. The first kappa shape index (κ1) is 12.8. The summed E-state index contributed by atoms with van der Waals surface area (Å²) in [5, 5.41) is 2.71. The van der Waals surface area contributed by atoms with Crippen molar-refractivity contribution < 1.29 is 19.1 Å². The number of hydrogen-bond acceptors (Lipinski definition) is 4. The molecule has 0 aromatic heterocycles. The van der Waals surface area contributed by atoms with Crippen LogP contribution in [0.2, 0.25) is 0 Å². The Bertz CT molecular complexity index is 384. The van der Waals surface area contributed by atoms with E-state index in [4.69, 9.17) is 4.74 Å². The van der Waals surface area contributed by atoms with Gasteiger partial charge >= 0.3 is 5.97 Å². The molecule has 1 unspecified atom stereocenters. The van der Waals surface area contributed by atoms with E-state index in [-0.39, 0.29) is 24.3 Å². The summed E-state index contributed by atoms with van der Waals surface area (Å²) >= 11 is 0. The Balaban J connectivity index is 1.70. The molecule has 0 spiro atoms. The third kappa shape index (κ3) is 3.68. The number of nitrogens with one attached hydrogen (secondary N) is 1. The summed E-state index contributed by atoms with van der Waals surface area (Å²) in [5.74, 6) is -0.0101. The molecule has 1 atom stereocenters. The number of hydrogen-bond donors (Lipinski definition) is 1. The molecule has 0 aromatic rings. The quantitative estimate of drug-likeness (QED) is 0.429. The lowest BCUT2D eigenvalue weighted by Gasteiger charge is -2.11. The van der Waals surface area contributed by atoms with Gasteiger partial charge in [0.05, 0.1) is 13.0 Å². The number of ether oxygens (including phenoxy) is 1. The lowest BCUT2D eigenvalue weighted by Crippen LogP contribution is -2.33. The van der Waals surface area contributed by atoms with Crippen LogP contribution >= 0.6 is 0 Å². The van der Waals surface area contributed by atoms with Crippen LogP contribution in [0, 0.1) is 5.92 Å². The van der Waals surface area contributed by atoms with Gasteiger partial charge in [-0.25, -0.2) is 4.79 Å². The molecule has 5 heteroatoms. The van der Waals surface area contributed by atoms with Crippen molar-refractivity contribution in [3.8, 4) is 0 Å². The Morgan fingerprint density at radius 1 is 1.44 bits per heavy atom. The Morgan fingerprint density at radius 2 is 2.22 bits per heavy atom. The number of esters is 1. The lowest BCUT2D eigenvalue weighted by molar-refractivity contribution is -0.139. The molecular formula is C13H17NO4. The third-order valence-electron chi connectivity index (χ3n) is 3.16. The van der Waals surface area contributed by atoms with Gasteiger partial charge in [-0.15, -0.1) is 0 Å². The average molecular weight is 251 g/mol. The second-order valence-corrected chi connectivity index (χ2v) is 4.85. The van der Waals surface area contributed by atoms with Gasteiger partial charge < -0.3 is 14.8 Å². The monoisotopic (exact) mass is 251 g/mol. The summed E-state index contributed by atoms with van der Waals surface area (Å²) in [6.07, 6.45) is 5.67. The molecule has 18 heavy (non-hydrogen) atoms. The van der Waals surface area contributed by atoms with Gasteiger partial charge in [0.1, 0.15) is 6.29 Å². The maximum atomic E-state index is 11.7. The molecule has 5 nitrogen and oxygen atoms in total. The number of amides is 1. The van der Waals surface area contributed by atoms with Crippen molar-refractivity contribution in [1.82, 2.24) is 5.32 Å². The summed E-state index contributed by atoms with van der Waals surface area (Å²) < 4.78 is 5.17. The van der Waals surface area contributed by atoms with Crippen LogP contribution in [0.25, 0.3) is 0 Å². The fourth-order valence-corrected chi connectivity index (χ4v) is 1.93. The molecule has 98 valence electrons. The Kier molecular flexibility index (Phi) is 4.12. The number of carbonyl (C=O) groups excluding carboxylic acids is 3. The summed E-state index contributed by atoms with van der Waals surface area (Å²) in [6.45, 7) is 0.512. The highest BCUT2D eigenvalue weighted by molar-refractivity contribution is 5.90. The zero-order chi connectivity index (χ0) is 13.0. The van der Waals surface area contributed by atoms with Crippen LogP contribution < -0.4 is 5.32 Å². The van der Waals surface area contributed by atoms with Crippen molar-refractivity contribution in [2.24, 2.45) is 5.92 Å². The second-order valence-electron chi connectivity index (χ2n) is 4.85. The van der Waals surface area contributed by atoms with Crippen LogP contribution in [0.15, 0.2) is 11.6 Å². The van der Waals surface area contributed by atoms with Gasteiger partial charge in [-0.1, -0.05) is 6.08 Å². The molecule has 0 aliphatic heterocycles. The van der Waals surface area contributed by atoms with Crippen molar-refractivity contribution in [1.29, 1.82) is 0 Å². The molecule has 1 amide bonds. The van der Waals surface area contributed by atoms with Gasteiger partial charge in [0.15, 0.2) is 0 Å². The minimum absolute atomic E-state index is 0.0825. The Morgan fingerprint density at radius 3 is 2.89 bits per heavy atom. The van der Waals surface area contributed by atoms with Gasteiger partial charge in [-0.05, 0) is 31.6 Å². The van der Waals surface area contributed by atoms with E-state index in [2.05, 4.69) is 5.32 Å². The van der Waals surface area contributed by atoms with Gasteiger partial charge in [-0.3, -0.25) is 4.79 Å². The minimum atomic E-state index is -0.295. The second kappa shape index (κ2) is 5.80. The molecule has 0 radical (unpaired) electrons. The van der Waals surface area contributed by atoms with Crippen molar-refractivity contribution in [2.75, 3.05) is 6.61 Å². The maximum absolute atomic E-state index is 11.7. The topological polar surface area (TPSA) is 72.5 Å². The van der Waals surface area contributed by atoms with E-state index < -0.39 is 0 Å². The van der Waals surface area contributed by atoms with E-state index >= 15 is 0 Å². The van der Waals surface area contributed by atoms with Crippen molar-refractivity contribution in [3.05, 3.63) is 11.6 Å². The average Bonchev–Trinajstić information content (AvgIpc) is 3.05. The van der Waals surface area contributed by atoms with Gasteiger partial charge in [0.25, 0.3) is 0 Å². The van der Waals surface area contributed by atoms with Gasteiger partial charge in [-0.2, -0.15) is 0 Å². The highest BCUT2D eigenvalue weighted by Gasteiger charge is 2.27. The summed E-state index contributed by atoms with van der Waals surface area (Å²) in [4.78, 5) is 33.1. The first-order valence-corrected chi connectivity index (χ1v) is 6.28. The van der Waals surface area contributed by atoms with E-state index in [1.54, 1.807) is 6.08 Å². The highest BCUT2D eigenvalue weighted by atomic mass is 16.5. The van der Waals surface area contributed by atoms with Crippen LogP contribution in [0.1, 0.15) is 32.1 Å². The van der Waals surface area contributed by atoms with E-state index in [0.717, 1.165) is 12.8 Å². The Labute approximate surface area is 106 Å². The van der Waals surface area contributed by atoms with Crippen molar-refractivity contribution in [2.45, 2.75) is 38.1 Å². The van der Waals surface area contributed by atoms with Crippen molar-refractivity contribution in [3.63, 3.8) is 0 Å². The lowest BCUT2D eigenvalue weighted by atomic mass is 10.2. The van der Waals surface area contributed by atoms with E-state index in [0.29, 0.717) is 37.2 Å². The molecule has 2 rings (SSSR count). The maximum Gasteiger partial charge on any atom is 0.333 e. The molecule has 0 bridgehead atoms. The summed E-state index contributed by atoms with van der Waals surface area (Å²) in [7, 11) is 0. The van der Waals surface area contributed by atoms with Crippen LogP contribution in [0.4, 0.5) is 0 Å². The third-order valence-corrected chi connectivity index (χ3v) is 3.16. The summed E-state index contributed by atoms with van der Waals surface area (Å²) in [5.41, 5.74) is 0.632. The number of aldehydes is 1. The van der Waals surface area contributed by atoms with E-state index in [1.165, 1.54) is 0 Å². The molecule has 0 saturated heterocycles. The van der Waals surface area contributed by atoms with Gasteiger partial charge in [0, 0.05) is 11.6 Å². The summed E-state index contributed by atoms with van der Waals surface area (Å²) in [6, 6.07) is -0.0825. The van der Waals surface area contributed by atoms with E-state index in [9.17, 15) is 14.4 Å². The molecule has 0 heterocycles. The molecule has 0 aromatic carbocycles. The van der Waals surface area contributed by atoms with Gasteiger partial charge in [0.2, 0.25) is 5.91 Å². The predicted octanol–water partition coefficient (Wildman–Crippen LogP) is 0.734. The molecular weight excluding hydrogens is 234 g/mol. The fourth-order valence-electron chi connectivity index (χ4n) is 1.93. The van der Waals surface area contributed by atoms with Crippen LogP contribution in [0.3, 0.4) is 0 Å². The standard InChI is InChI=1S/C13H17NO4/c15-6-5-12(16)14-11-4-3-10(7-11)13(17)18-8-9-1-2-9/h3,6,9,11H,1-2,4-5,7-8H2,(H,14,16). The first-order valence-electron chi connectivity index (χ1n) is 6.28. The fraction of sp³-hybridized carbons (Fsp3) is 0.615. The molecule has 1 saturated carbocycles. The van der Waals surface area contributed by atoms with Crippen LogP contribution in [-0.2, 0) is 19.1 Å². The van der Waals surface area contributed by atoms with E-state index in [1.807, 2.05) is 0 Å². The normalized spacial score (nSPS) is 22.2. The SMILES string of the molecule is O=CCC(=O)NC1CC=C(C(=O)OCC2CC2)C1. The molecule has 1 fully saturated rings. The predicted molar refractivity (Wildman–Crippen MR) is 63.6 cm³/mol. The Hall–Kier alpha value is -1.65. The van der Waals surface area contributed by atoms with Crippen LogP contribution in [-0.4, -0.2) is 30.8 Å². The highest BCUT2D eigenvalue weighted by Crippen LogP contribution is 2.29. The number of carbonyl (C=O) groups is 3. The van der Waals surface area contributed by atoms with Crippen LogP contribution in [0.5, 0.6) is 0 Å². The molecule has 2 aliphatic rings. The molecule has 1 N–H and O–H groups in total. The minimum Gasteiger partial charge on any atom is -0.462 e. The largest absolute Gasteiger partial charge is 0.462 e.